The molecule has 1 aliphatic rings. The molecule has 0 unspecified atom stereocenters. The Kier molecular flexibility index (Phi) is 6.62. The maximum atomic E-state index is 13.0. The van der Waals surface area contributed by atoms with Crippen molar-refractivity contribution in [2.24, 2.45) is 0 Å². The molecule has 0 radical (unpaired) electrons. The zero-order chi connectivity index (χ0) is 23.6. The summed E-state index contributed by atoms with van der Waals surface area (Å²) in [5.74, 6) is 0.476. The molecule has 33 heavy (non-hydrogen) atoms. The Morgan fingerprint density at radius 3 is 2.64 bits per heavy atom. The lowest BCUT2D eigenvalue weighted by atomic mass is 9.97. The highest BCUT2D eigenvalue weighted by atomic mass is 32.2. The topological polar surface area (TPSA) is 107 Å². The first-order valence-electron chi connectivity index (χ1n) is 11.1. The molecule has 2 heterocycles. The lowest BCUT2D eigenvalue weighted by Crippen LogP contribution is -2.26. The molecule has 0 amide bonds. The Morgan fingerprint density at radius 2 is 1.94 bits per heavy atom. The van der Waals surface area contributed by atoms with Gasteiger partial charge >= 0.3 is 0 Å². The molecule has 0 spiro atoms. The third kappa shape index (κ3) is 4.99. The van der Waals surface area contributed by atoms with E-state index in [1.54, 1.807) is 45.0 Å². The number of sulfonamides is 1. The number of benzene rings is 1. The fraction of sp³-hybridized carbons (Fsp3) is 0.375. The fourth-order valence-corrected chi connectivity index (χ4v) is 5.41. The van der Waals surface area contributed by atoms with E-state index in [1.807, 2.05) is 0 Å². The fourth-order valence-electron chi connectivity index (χ4n) is 4.11. The van der Waals surface area contributed by atoms with E-state index >= 15 is 0 Å². The quantitative estimate of drug-likeness (QED) is 0.526. The van der Waals surface area contributed by atoms with E-state index in [0.29, 0.717) is 40.5 Å². The van der Waals surface area contributed by atoms with Crippen LogP contribution in [0.3, 0.4) is 0 Å². The first kappa shape index (κ1) is 23.1. The minimum absolute atomic E-state index is 0.203. The molecular weight excluding hydrogens is 440 g/mol. The van der Waals surface area contributed by atoms with Crippen molar-refractivity contribution in [1.82, 2.24) is 19.7 Å². The van der Waals surface area contributed by atoms with Gasteiger partial charge in [0.15, 0.2) is 5.76 Å². The average Bonchev–Trinajstić information content (AvgIpc) is 3.13. The van der Waals surface area contributed by atoms with Crippen LogP contribution in [0.4, 0.5) is 0 Å². The van der Waals surface area contributed by atoms with Crippen molar-refractivity contribution in [1.29, 1.82) is 0 Å². The van der Waals surface area contributed by atoms with Crippen LogP contribution in [0.15, 0.2) is 56.2 Å². The molecule has 0 saturated heterocycles. The summed E-state index contributed by atoms with van der Waals surface area (Å²) >= 11 is 0. The summed E-state index contributed by atoms with van der Waals surface area (Å²) < 4.78 is 35.2. The summed E-state index contributed by atoms with van der Waals surface area (Å²) in [6, 6.07) is 8.13. The van der Waals surface area contributed by atoms with Gasteiger partial charge in [0.1, 0.15) is 11.4 Å². The van der Waals surface area contributed by atoms with E-state index < -0.39 is 10.0 Å². The maximum Gasteiger partial charge on any atom is 0.271 e. The third-order valence-corrected chi connectivity index (χ3v) is 7.51. The van der Waals surface area contributed by atoms with Crippen LogP contribution in [0.2, 0.25) is 0 Å². The molecule has 9 heteroatoms. The molecule has 8 nitrogen and oxygen atoms in total. The number of allylic oxidation sites excluding steroid dienone is 1. The average molecular weight is 469 g/mol. The van der Waals surface area contributed by atoms with Gasteiger partial charge in [0.05, 0.1) is 10.6 Å². The first-order valence-corrected chi connectivity index (χ1v) is 12.6. The third-order valence-electron chi connectivity index (χ3n) is 5.90. The van der Waals surface area contributed by atoms with E-state index in [1.165, 1.54) is 29.2 Å². The molecular formula is C24H28N4O4S. The van der Waals surface area contributed by atoms with Crippen molar-refractivity contribution in [2.45, 2.75) is 57.8 Å². The molecule has 174 valence electrons. The summed E-state index contributed by atoms with van der Waals surface area (Å²) in [6.45, 7) is 5.58. The lowest BCUT2D eigenvalue weighted by Gasteiger charge is -2.14. The van der Waals surface area contributed by atoms with Crippen molar-refractivity contribution < 1.29 is 12.9 Å². The van der Waals surface area contributed by atoms with Crippen LogP contribution in [-0.4, -0.2) is 29.9 Å². The maximum absolute atomic E-state index is 13.0. The molecule has 1 aromatic carbocycles. The van der Waals surface area contributed by atoms with Crippen LogP contribution in [0.1, 0.15) is 49.1 Å². The Bertz CT molecular complexity index is 1350. The first-order chi connectivity index (χ1) is 15.8. The smallest absolute Gasteiger partial charge is 0.271 e. The van der Waals surface area contributed by atoms with Gasteiger partial charge in [-0.1, -0.05) is 28.9 Å². The Hall–Kier alpha value is -3.04. The monoisotopic (exact) mass is 468 g/mol. The van der Waals surface area contributed by atoms with Crippen molar-refractivity contribution in [2.75, 3.05) is 6.54 Å². The van der Waals surface area contributed by atoms with Gasteiger partial charge in [-0.05, 0) is 70.6 Å². The Labute approximate surface area is 193 Å². The largest absolute Gasteiger partial charge is 0.359 e. The minimum Gasteiger partial charge on any atom is -0.359 e. The van der Waals surface area contributed by atoms with Gasteiger partial charge in [-0.25, -0.2) is 13.1 Å². The number of rotatable bonds is 7. The summed E-state index contributed by atoms with van der Waals surface area (Å²) in [6.07, 6.45) is 7.45. The highest BCUT2D eigenvalue weighted by Gasteiger charge is 2.19. The van der Waals surface area contributed by atoms with Gasteiger partial charge in [0.25, 0.3) is 5.56 Å². The van der Waals surface area contributed by atoms with E-state index in [-0.39, 0.29) is 10.5 Å². The molecule has 0 bridgehead atoms. The summed E-state index contributed by atoms with van der Waals surface area (Å²) in [4.78, 5) is 12.7. The van der Waals surface area contributed by atoms with Gasteiger partial charge in [-0.3, -0.25) is 4.79 Å². The molecule has 4 rings (SSSR count). The van der Waals surface area contributed by atoms with Gasteiger partial charge in [-0.15, -0.1) is 0 Å². The SMILES string of the molecule is Cc1ccc(-c2ccc(=O)n(-c3c(C)noc3C)n2)cc1S(=O)(=O)NCCC1=CCCCC1. The second kappa shape index (κ2) is 9.44. The summed E-state index contributed by atoms with van der Waals surface area (Å²) in [7, 11) is -3.70. The highest BCUT2D eigenvalue weighted by molar-refractivity contribution is 7.89. The van der Waals surface area contributed by atoms with E-state index in [0.717, 1.165) is 19.3 Å². The van der Waals surface area contributed by atoms with Crippen LogP contribution in [0, 0.1) is 20.8 Å². The van der Waals surface area contributed by atoms with Crippen molar-refractivity contribution in [3.63, 3.8) is 0 Å². The van der Waals surface area contributed by atoms with Gasteiger partial charge in [0.2, 0.25) is 10.0 Å². The van der Waals surface area contributed by atoms with Crippen LogP contribution in [0.25, 0.3) is 16.9 Å². The molecule has 1 aliphatic carbocycles. The van der Waals surface area contributed by atoms with Crippen LogP contribution in [-0.2, 0) is 10.0 Å². The zero-order valence-corrected chi connectivity index (χ0v) is 19.9. The molecule has 0 fully saturated rings. The molecule has 0 saturated carbocycles. The van der Waals surface area contributed by atoms with E-state index in [9.17, 15) is 13.2 Å². The zero-order valence-electron chi connectivity index (χ0n) is 19.1. The highest BCUT2D eigenvalue weighted by Crippen LogP contribution is 2.25. The number of aryl methyl sites for hydroxylation is 3. The molecule has 2 aromatic heterocycles. The van der Waals surface area contributed by atoms with Gasteiger partial charge in [0, 0.05) is 18.2 Å². The number of nitrogens with zero attached hydrogens (tertiary/aromatic N) is 3. The van der Waals surface area contributed by atoms with Gasteiger partial charge < -0.3 is 4.52 Å². The van der Waals surface area contributed by atoms with E-state index in [2.05, 4.69) is 21.1 Å². The number of hydrogen-bond donors (Lipinski definition) is 1. The minimum atomic E-state index is -3.70. The lowest BCUT2D eigenvalue weighted by molar-refractivity contribution is 0.392. The second-order valence-electron chi connectivity index (χ2n) is 8.38. The number of nitrogens with one attached hydrogen (secondary N) is 1. The van der Waals surface area contributed by atoms with Crippen LogP contribution in [0.5, 0.6) is 0 Å². The van der Waals surface area contributed by atoms with Crippen LogP contribution < -0.4 is 10.3 Å². The standard InChI is InChI=1S/C24H28N4O4S/c1-16-9-10-20(15-22(16)33(30,31)25-14-13-19-7-5-4-6-8-19)21-11-12-23(29)28(26-21)24-17(2)27-32-18(24)3/h7,9-12,15,25H,4-6,8,13-14H2,1-3H3. The van der Waals surface area contributed by atoms with Crippen molar-refractivity contribution in [3.05, 3.63) is 69.4 Å². The van der Waals surface area contributed by atoms with Gasteiger partial charge in [-0.2, -0.15) is 9.78 Å². The van der Waals surface area contributed by atoms with Crippen LogP contribution >= 0.6 is 0 Å². The molecule has 3 aromatic rings. The number of hydrogen-bond acceptors (Lipinski definition) is 6. The predicted octanol–water partition coefficient (Wildman–Crippen LogP) is 3.98. The van der Waals surface area contributed by atoms with E-state index in [4.69, 9.17) is 4.52 Å². The molecule has 0 atom stereocenters. The Morgan fingerprint density at radius 1 is 1.12 bits per heavy atom. The summed E-state index contributed by atoms with van der Waals surface area (Å²) in [5.41, 5.74) is 3.73. The van der Waals surface area contributed by atoms with Crippen molar-refractivity contribution >= 4 is 10.0 Å². The second-order valence-corrected chi connectivity index (χ2v) is 10.1. The Balaban J connectivity index is 1.63. The normalized spacial score (nSPS) is 14.3. The molecule has 0 aliphatic heterocycles. The molecule has 1 N–H and O–H groups in total. The summed E-state index contributed by atoms with van der Waals surface area (Å²) in [5, 5.41) is 8.35. The number of aromatic nitrogens is 3. The predicted molar refractivity (Wildman–Crippen MR) is 126 cm³/mol. The van der Waals surface area contributed by atoms with Crippen molar-refractivity contribution in [3.8, 4) is 16.9 Å².